The van der Waals surface area contributed by atoms with Crippen LogP contribution in [0.1, 0.15) is 11.1 Å². The van der Waals surface area contributed by atoms with Crippen molar-refractivity contribution in [1.82, 2.24) is 10.2 Å². The van der Waals surface area contributed by atoms with Crippen molar-refractivity contribution in [2.45, 2.75) is 6.42 Å². The number of nitrogens with zero attached hydrogens (tertiary/aromatic N) is 2. The van der Waals surface area contributed by atoms with Crippen LogP contribution in [-0.4, -0.2) is 16.8 Å². The molecule has 0 radical (unpaired) electrons. The number of hydrogen-bond acceptors (Lipinski definition) is 3. The van der Waals surface area contributed by atoms with E-state index in [9.17, 15) is 0 Å². The predicted molar refractivity (Wildman–Crippen MR) is 75.4 cm³/mol. The lowest BCUT2D eigenvalue weighted by molar-refractivity contribution is 0.357. The first-order chi connectivity index (χ1) is 9.85. The number of fused-ring (bicyclic) bond motifs is 2. The van der Waals surface area contributed by atoms with Crippen LogP contribution in [0.3, 0.4) is 0 Å². The van der Waals surface area contributed by atoms with Crippen LogP contribution in [0, 0.1) is 11.3 Å². The predicted octanol–water partition coefficient (Wildman–Crippen LogP) is 3.04. The van der Waals surface area contributed by atoms with Gasteiger partial charge in [0.15, 0.2) is 0 Å². The number of benzene rings is 2. The van der Waals surface area contributed by atoms with E-state index >= 15 is 0 Å². The molecule has 4 rings (SSSR count). The van der Waals surface area contributed by atoms with Gasteiger partial charge in [0, 0.05) is 17.4 Å². The van der Waals surface area contributed by atoms with E-state index in [0.717, 1.165) is 40.9 Å². The first-order valence-corrected chi connectivity index (χ1v) is 6.49. The summed E-state index contributed by atoms with van der Waals surface area (Å²) in [6.07, 6.45) is 0.939. The lowest BCUT2D eigenvalue weighted by Crippen LogP contribution is -1.85. The second kappa shape index (κ2) is 4.10. The van der Waals surface area contributed by atoms with Gasteiger partial charge in [-0.2, -0.15) is 10.4 Å². The van der Waals surface area contributed by atoms with E-state index in [-0.39, 0.29) is 0 Å². The van der Waals surface area contributed by atoms with E-state index in [2.05, 4.69) is 22.3 Å². The van der Waals surface area contributed by atoms with Crippen LogP contribution in [0.5, 0.6) is 5.75 Å². The molecule has 0 fully saturated rings. The second-order valence-electron chi connectivity index (χ2n) is 4.87. The maximum Gasteiger partial charge on any atom is 0.122 e. The van der Waals surface area contributed by atoms with Gasteiger partial charge in [-0.1, -0.05) is 0 Å². The quantitative estimate of drug-likeness (QED) is 0.732. The Bertz CT molecular complexity index is 858. The third kappa shape index (κ3) is 1.57. The number of nitriles is 1. The van der Waals surface area contributed by atoms with E-state index in [4.69, 9.17) is 10.00 Å². The lowest BCUT2D eigenvalue weighted by Gasteiger charge is -2.02. The molecule has 1 aliphatic rings. The van der Waals surface area contributed by atoms with Crippen LogP contribution in [-0.2, 0) is 6.42 Å². The number of rotatable bonds is 1. The van der Waals surface area contributed by atoms with Crippen molar-refractivity contribution in [2.24, 2.45) is 0 Å². The standard InChI is InChI=1S/C16H11N3O/c17-9-10-1-3-14-13(7-10)16(19-18-14)12-2-4-15-11(8-12)5-6-20-15/h1-4,7-8H,5-6H2,(H,18,19). The number of ether oxygens (including phenoxy) is 1. The minimum absolute atomic E-state index is 0.643. The molecule has 0 saturated carbocycles. The molecule has 0 atom stereocenters. The molecule has 4 heteroatoms. The summed E-state index contributed by atoms with van der Waals surface area (Å²) in [5.41, 5.74) is 4.73. The highest BCUT2D eigenvalue weighted by molar-refractivity contribution is 5.93. The molecule has 4 nitrogen and oxygen atoms in total. The van der Waals surface area contributed by atoms with Crippen molar-refractivity contribution in [3.63, 3.8) is 0 Å². The van der Waals surface area contributed by atoms with Gasteiger partial charge in [0.25, 0.3) is 0 Å². The molecule has 0 saturated heterocycles. The maximum atomic E-state index is 9.03. The third-order valence-corrected chi connectivity index (χ3v) is 3.65. The Kier molecular flexibility index (Phi) is 2.27. The van der Waals surface area contributed by atoms with Crippen LogP contribution >= 0.6 is 0 Å². The normalized spacial score (nSPS) is 12.9. The average Bonchev–Trinajstić information content (AvgIpc) is 3.11. The van der Waals surface area contributed by atoms with E-state index < -0.39 is 0 Å². The Morgan fingerprint density at radius 1 is 1.20 bits per heavy atom. The average molecular weight is 261 g/mol. The molecular formula is C16H11N3O. The van der Waals surface area contributed by atoms with Crippen molar-refractivity contribution in [2.75, 3.05) is 6.61 Å². The van der Waals surface area contributed by atoms with Gasteiger partial charge in [-0.3, -0.25) is 5.10 Å². The zero-order valence-electron chi connectivity index (χ0n) is 10.7. The molecule has 0 bridgehead atoms. The fourth-order valence-electron chi connectivity index (χ4n) is 2.64. The van der Waals surface area contributed by atoms with Crippen molar-refractivity contribution in [1.29, 1.82) is 5.26 Å². The number of hydrogen-bond donors (Lipinski definition) is 1. The molecule has 0 spiro atoms. The van der Waals surface area contributed by atoms with Crippen molar-refractivity contribution in [3.8, 4) is 23.1 Å². The fraction of sp³-hybridized carbons (Fsp3) is 0.125. The van der Waals surface area contributed by atoms with Crippen molar-refractivity contribution >= 4 is 10.9 Å². The van der Waals surface area contributed by atoms with Gasteiger partial charge < -0.3 is 4.74 Å². The van der Waals surface area contributed by atoms with Crippen LogP contribution in [0.15, 0.2) is 36.4 Å². The molecule has 2 aromatic carbocycles. The number of aromatic amines is 1. The summed E-state index contributed by atoms with van der Waals surface area (Å²) in [4.78, 5) is 0. The van der Waals surface area contributed by atoms with Crippen LogP contribution in [0.4, 0.5) is 0 Å². The summed E-state index contributed by atoms with van der Waals surface area (Å²) < 4.78 is 5.52. The zero-order valence-corrected chi connectivity index (χ0v) is 10.7. The van der Waals surface area contributed by atoms with Crippen molar-refractivity contribution < 1.29 is 4.74 Å². The monoisotopic (exact) mass is 261 g/mol. The Hall–Kier alpha value is -2.80. The molecule has 96 valence electrons. The summed E-state index contributed by atoms with van der Waals surface area (Å²) in [5.74, 6) is 0.964. The fourth-order valence-corrected chi connectivity index (χ4v) is 2.64. The van der Waals surface area contributed by atoms with Crippen LogP contribution in [0.2, 0.25) is 0 Å². The minimum Gasteiger partial charge on any atom is -0.493 e. The Morgan fingerprint density at radius 3 is 3.05 bits per heavy atom. The molecule has 2 heterocycles. The van der Waals surface area contributed by atoms with Crippen LogP contribution in [0.25, 0.3) is 22.2 Å². The van der Waals surface area contributed by atoms with Gasteiger partial charge in [0.2, 0.25) is 0 Å². The number of aromatic nitrogens is 2. The van der Waals surface area contributed by atoms with E-state index in [1.54, 1.807) is 6.07 Å². The van der Waals surface area contributed by atoms with Crippen LogP contribution < -0.4 is 4.74 Å². The van der Waals surface area contributed by atoms with E-state index in [1.807, 2.05) is 24.3 Å². The molecule has 1 aliphatic heterocycles. The maximum absolute atomic E-state index is 9.03. The molecule has 0 unspecified atom stereocenters. The summed E-state index contributed by atoms with van der Waals surface area (Å²) >= 11 is 0. The zero-order chi connectivity index (χ0) is 13.5. The van der Waals surface area contributed by atoms with Gasteiger partial charge in [-0.15, -0.1) is 0 Å². The Labute approximate surface area is 115 Å². The summed E-state index contributed by atoms with van der Waals surface area (Å²) in [7, 11) is 0. The molecule has 1 aromatic heterocycles. The van der Waals surface area contributed by atoms with Gasteiger partial charge in [-0.05, 0) is 42.0 Å². The van der Waals surface area contributed by atoms with Gasteiger partial charge in [-0.25, -0.2) is 0 Å². The third-order valence-electron chi connectivity index (χ3n) is 3.65. The van der Waals surface area contributed by atoms with Gasteiger partial charge in [0.05, 0.1) is 29.5 Å². The van der Waals surface area contributed by atoms with Gasteiger partial charge in [0.1, 0.15) is 5.75 Å². The molecule has 1 N–H and O–H groups in total. The Morgan fingerprint density at radius 2 is 2.15 bits per heavy atom. The first kappa shape index (κ1) is 11.1. The Balaban J connectivity index is 1.92. The largest absolute Gasteiger partial charge is 0.493 e. The van der Waals surface area contributed by atoms with E-state index in [0.29, 0.717) is 5.56 Å². The SMILES string of the molecule is N#Cc1ccc2[nH]nc(-c3ccc4c(c3)CCO4)c2c1. The molecular weight excluding hydrogens is 250 g/mol. The molecule has 20 heavy (non-hydrogen) atoms. The highest BCUT2D eigenvalue weighted by Crippen LogP contribution is 2.32. The highest BCUT2D eigenvalue weighted by atomic mass is 16.5. The van der Waals surface area contributed by atoms with Gasteiger partial charge >= 0.3 is 0 Å². The summed E-state index contributed by atoms with van der Waals surface area (Å²) in [5, 5.41) is 17.4. The minimum atomic E-state index is 0.643. The summed E-state index contributed by atoms with van der Waals surface area (Å²) in [6, 6.07) is 13.8. The first-order valence-electron chi connectivity index (χ1n) is 6.49. The van der Waals surface area contributed by atoms with E-state index in [1.165, 1.54) is 5.56 Å². The number of nitrogens with one attached hydrogen (secondary N) is 1. The summed E-state index contributed by atoms with van der Waals surface area (Å²) in [6.45, 7) is 0.749. The topological polar surface area (TPSA) is 61.7 Å². The molecule has 3 aromatic rings. The lowest BCUT2D eigenvalue weighted by atomic mass is 10.0. The van der Waals surface area contributed by atoms with Crippen molar-refractivity contribution in [3.05, 3.63) is 47.5 Å². The highest BCUT2D eigenvalue weighted by Gasteiger charge is 2.15. The smallest absolute Gasteiger partial charge is 0.122 e. The molecule has 0 amide bonds. The number of H-pyrrole nitrogens is 1. The molecule has 0 aliphatic carbocycles. The second-order valence-corrected chi connectivity index (χ2v) is 4.87.